The number of fused-ring (bicyclic) bond motifs is 4. The molecule has 2 bridgehead atoms. The van der Waals surface area contributed by atoms with Crippen LogP contribution in [0.1, 0.15) is 35.6 Å². The molecule has 3 saturated heterocycles. The van der Waals surface area contributed by atoms with Gasteiger partial charge in [-0.3, -0.25) is 9.88 Å². The quantitative estimate of drug-likeness (QED) is 0.123. The van der Waals surface area contributed by atoms with Crippen LogP contribution in [0.5, 0.6) is 5.75 Å². The molecule has 0 radical (unpaired) electrons. The van der Waals surface area contributed by atoms with Gasteiger partial charge >= 0.3 is 12.1 Å². The number of esters is 1. The first-order chi connectivity index (χ1) is 23.0. The van der Waals surface area contributed by atoms with Crippen LogP contribution in [-0.2, 0) is 26.6 Å². The van der Waals surface area contributed by atoms with Crippen LogP contribution in [0.2, 0.25) is 0 Å². The van der Waals surface area contributed by atoms with E-state index in [4.69, 9.17) is 14.2 Å². The molecule has 47 heavy (non-hydrogen) atoms. The molecule has 9 heteroatoms. The number of rotatable bonds is 13. The molecule has 4 aromatic rings. The highest BCUT2D eigenvalue weighted by Crippen LogP contribution is 2.44. The number of pyridine rings is 1. The van der Waals surface area contributed by atoms with Gasteiger partial charge in [0, 0.05) is 35.2 Å². The van der Waals surface area contributed by atoms with Gasteiger partial charge in [-0.15, -0.1) is 6.58 Å². The van der Waals surface area contributed by atoms with Gasteiger partial charge in [-0.1, -0.05) is 66.7 Å². The van der Waals surface area contributed by atoms with Crippen molar-refractivity contribution in [2.24, 2.45) is 11.8 Å². The van der Waals surface area contributed by atoms with E-state index in [1.807, 2.05) is 84.9 Å². The fraction of sp³-hybridized carbons (Fsp3) is 0.342. The zero-order valence-corrected chi connectivity index (χ0v) is 27.4. The number of ether oxygens (including phenoxy) is 3. The Labute approximate surface area is 280 Å². The average molecular weight is 652 g/mol. The minimum Gasteiger partial charge on any atom is -0.497 e. The van der Waals surface area contributed by atoms with E-state index in [2.05, 4.69) is 27.9 Å². The van der Waals surface area contributed by atoms with Crippen molar-refractivity contribution < 1.29 is 23.8 Å². The van der Waals surface area contributed by atoms with Gasteiger partial charge in [0.2, 0.25) is 0 Å². The number of carbonyl (C=O) groups excluding carboxylic acids is 2. The second kappa shape index (κ2) is 15.5. The zero-order valence-electron chi connectivity index (χ0n) is 26.6. The zero-order chi connectivity index (χ0) is 32.6. The number of benzene rings is 3. The molecule has 0 aliphatic carbocycles. The summed E-state index contributed by atoms with van der Waals surface area (Å²) in [4.78, 5) is 34.3. The summed E-state index contributed by atoms with van der Waals surface area (Å²) in [6.45, 7) is 5.99. The third-order valence-corrected chi connectivity index (χ3v) is 10.3. The van der Waals surface area contributed by atoms with Crippen molar-refractivity contribution in [2.75, 3.05) is 26.0 Å². The van der Waals surface area contributed by atoms with Gasteiger partial charge in [0.25, 0.3) is 0 Å². The maximum atomic E-state index is 14.2. The van der Waals surface area contributed by atoms with Crippen molar-refractivity contribution >= 4 is 34.7 Å². The number of nitrogens with one attached hydrogen (secondary N) is 1. The van der Waals surface area contributed by atoms with E-state index in [0.29, 0.717) is 29.1 Å². The molecule has 1 N–H and O–H groups in total. The molecule has 4 heterocycles. The summed E-state index contributed by atoms with van der Waals surface area (Å²) in [7, 11) is 1.64. The summed E-state index contributed by atoms with van der Waals surface area (Å²) < 4.78 is 17.6. The van der Waals surface area contributed by atoms with Gasteiger partial charge in [-0.25, -0.2) is 9.59 Å². The summed E-state index contributed by atoms with van der Waals surface area (Å²) in [5, 5.41) is 3.70. The van der Waals surface area contributed by atoms with Gasteiger partial charge in [0.05, 0.1) is 18.7 Å². The van der Waals surface area contributed by atoms with Crippen molar-refractivity contribution in [1.29, 1.82) is 0 Å². The molecule has 1 aromatic heterocycles. The molecular formula is C38H41N3O5S. The average Bonchev–Trinajstić information content (AvgIpc) is 3.13. The minimum absolute atomic E-state index is 0.0339. The Morgan fingerprint density at radius 1 is 1.06 bits per heavy atom. The summed E-state index contributed by atoms with van der Waals surface area (Å²) in [6, 6.07) is 26.2. The SMILES string of the molecule is C=C[C@H]1CN2CC[C@H]1C[C@H]2[C@H](OC(=O)[C@H](CSCc1ccccc1)NC(=O)OCc1ccccc1)c1ccnc2ccc(OC)cc12. The number of hydrogen-bond donors (Lipinski definition) is 1. The van der Waals surface area contributed by atoms with E-state index >= 15 is 0 Å². The first-order valence-electron chi connectivity index (χ1n) is 16.1. The van der Waals surface area contributed by atoms with E-state index < -0.39 is 24.2 Å². The first-order valence-corrected chi connectivity index (χ1v) is 17.3. The van der Waals surface area contributed by atoms with Crippen LogP contribution in [0.4, 0.5) is 4.79 Å². The first kappa shape index (κ1) is 32.6. The Bertz CT molecular complexity index is 1670. The topological polar surface area (TPSA) is 90.0 Å². The van der Waals surface area contributed by atoms with Crippen LogP contribution in [0.3, 0.4) is 0 Å². The van der Waals surface area contributed by atoms with E-state index in [-0.39, 0.29) is 12.6 Å². The summed E-state index contributed by atoms with van der Waals surface area (Å²) >= 11 is 1.56. The third kappa shape index (κ3) is 7.97. The number of carbonyl (C=O) groups is 2. The van der Waals surface area contributed by atoms with Crippen LogP contribution in [0.25, 0.3) is 10.9 Å². The van der Waals surface area contributed by atoms with Crippen molar-refractivity contribution in [1.82, 2.24) is 15.2 Å². The molecule has 3 aromatic carbocycles. The molecule has 3 aliphatic rings. The minimum atomic E-state index is -0.922. The summed E-state index contributed by atoms with van der Waals surface area (Å²) in [5.74, 6) is 2.09. The Kier molecular flexibility index (Phi) is 10.7. The second-order valence-electron chi connectivity index (χ2n) is 12.1. The molecule has 3 aliphatic heterocycles. The van der Waals surface area contributed by atoms with Crippen molar-refractivity contribution in [3.8, 4) is 5.75 Å². The summed E-state index contributed by atoms with van der Waals surface area (Å²) in [5.41, 5.74) is 3.66. The Balaban J connectivity index is 1.27. The number of thioether (sulfide) groups is 1. The highest BCUT2D eigenvalue weighted by atomic mass is 32.2. The highest BCUT2D eigenvalue weighted by molar-refractivity contribution is 7.98. The monoisotopic (exact) mass is 651 g/mol. The molecule has 3 fully saturated rings. The predicted molar refractivity (Wildman–Crippen MR) is 185 cm³/mol. The molecule has 1 amide bonds. The van der Waals surface area contributed by atoms with Crippen molar-refractivity contribution in [3.05, 3.63) is 120 Å². The van der Waals surface area contributed by atoms with E-state index in [1.54, 1.807) is 25.1 Å². The van der Waals surface area contributed by atoms with Crippen LogP contribution in [-0.4, -0.2) is 60.0 Å². The lowest BCUT2D eigenvalue weighted by Crippen LogP contribution is -2.56. The Morgan fingerprint density at radius 3 is 2.53 bits per heavy atom. The van der Waals surface area contributed by atoms with Gasteiger partial charge in [0.1, 0.15) is 24.5 Å². The fourth-order valence-electron chi connectivity index (χ4n) is 6.71. The Morgan fingerprint density at radius 2 is 1.83 bits per heavy atom. The van der Waals surface area contributed by atoms with E-state index in [1.165, 1.54) is 0 Å². The van der Waals surface area contributed by atoms with Crippen molar-refractivity contribution in [3.63, 3.8) is 0 Å². The van der Waals surface area contributed by atoms with Crippen LogP contribution >= 0.6 is 11.8 Å². The molecule has 244 valence electrons. The maximum Gasteiger partial charge on any atom is 0.408 e. The van der Waals surface area contributed by atoms with Gasteiger partial charge in [0.15, 0.2) is 0 Å². The second-order valence-corrected chi connectivity index (χ2v) is 13.2. The molecule has 0 saturated carbocycles. The largest absolute Gasteiger partial charge is 0.497 e. The standard InChI is InChI=1S/C38H41N3O5S/c1-3-28-22-41-19-17-29(28)20-35(41)36(31-16-18-39-33-15-14-30(44-2)21-32(31)33)46-37(42)34(25-47-24-27-12-8-5-9-13-27)40-38(43)45-23-26-10-6-4-7-11-26/h3-16,18,21,28-29,34-36H,1,17,19-20,22-25H2,2H3,(H,40,43)/t28-,29-,34-,35-,36+/m0/s1. The number of aromatic nitrogens is 1. The molecule has 8 nitrogen and oxygen atoms in total. The van der Waals surface area contributed by atoms with Gasteiger partial charge in [-0.2, -0.15) is 11.8 Å². The lowest BCUT2D eigenvalue weighted by molar-refractivity contribution is -0.159. The number of hydrogen-bond acceptors (Lipinski definition) is 8. The van der Waals surface area contributed by atoms with Crippen LogP contribution in [0, 0.1) is 11.8 Å². The van der Waals surface area contributed by atoms with Gasteiger partial charge < -0.3 is 19.5 Å². The van der Waals surface area contributed by atoms with E-state index in [0.717, 1.165) is 53.5 Å². The lowest BCUT2D eigenvalue weighted by atomic mass is 9.73. The molecule has 6 atom stereocenters. The predicted octanol–water partition coefficient (Wildman–Crippen LogP) is 6.95. The lowest BCUT2D eigenvalue weighted by Gasteiger charge is -2.51. The molecule has 0 spiro atoms. The molecule has 7 rings (SSSR count). The number of piperidine rings is 3. The third-order valence-electron chi connectivity index (χ3n) is 9.22. The normalized spacial score (nSPS) is 21.4. The number of amides is 1. The fourth-order valence-corrected chi connectivity index (χ4v) is 7.72. The molecular weight excluding hydrogens is 611 g/mol. The number of methoxy groups -OCH3 is 1. The number of alkyl carbamates (subject to hydrolysis) is 1. The maximum absolute atomic E-state index is 14.2. The van der Waals surface area contributed by atoms with Gasteiger partial charge in [-0.05, 0) is 66.6 Å². The molecule has 1 unspecified atom stereocenters. The summed E-state index contributed by atoms with van der Waals surface area (Å²) in [6.07, 6.45) is 4.54. The Hall–Kier alpha value is -4.34. The van der Waals surface area contributed by atoms with Crippen LogP contribution in [0.15, 0.2) is 104 Å². The van der Waals surface area contributed by atoms with Crippen LogP contribution < -0.4 is 10.1 Å². The van der Waals surface area contributed by atoms with E-state index in [9.17, 15) is 9.59 Å². The van der Waals surface area contributed by atoms with Crippen molar-refractivity contribution in [2.45, 2.75) is 43.4 Å². The smallest absolute Gasteiger partial charge is 0.408 e. The number of nitrogens with zero attached hydrogens (tertiary/aromatic N) is 2. The highest BCUT2D eigenvalue weighted by Gasteiger charge is 2.45.